The van der Waals surface area contributed by atoms with Gasteiger partial charge in [0.15, 0.2) is 11.5 Å². The van der Waals surface area contributed by atoms with Gasteiger partial charge in [0.2, 0.25) is 0 Å². The van der Waals surface area contributed by atoms with Crippen molar-refractivity contribution in [1.82, 2.24) is 10.4 Å². The number of esters is 1. The summed E-state index contributed by atoms with van der Waals surface area (Å²) in [7, 11) is 2.98. The first kappa shape index (κ1) is 27.4. The largest absolute Gasteiger partial charge is 0.497 e. The molecule has 1 heterocycles. The van der Waals surface area contributed by atoms with E-state index >= 15 is 0 Å². The Bertz CT molecular complexity index is 1780. The molecule has 8 nitrogen and oxygen atoms in total. The van der Waals surface area contributed by atoms with E-state index in [0.29, 0.717) is 49.7 Å². The summed E-state index contributed by atoms with van der Waals surface area (Å²) >= 11 is 6.42. The summed E-state index contributed by atoms with van der Waals surface area (Å²) in [6.07, 6.45) is 1.41. The summed E-state index contributed by atoms with van der Waals surface area (Å²) < 4.78 is 30.1. The summed E-state index contributed by atoms with van der Waals surface area (Å²) in [6.45, 7) is 0. The number of nitrogens with one attached hydrogen (secondary N) is 2. The lowest BCUT2D eigenvalue weighted by Gasteiger charge is -2.10. The van der Waals surface area contributed by atoms with Crippen molar-refractivity contribution in [3.63, 3.8) is 0 Å². The number of aromatic amines is 1. The van der Waals surface area contributed by atoms with E-state index < -0.39 is 17.7 Å². The second kappa shape index (κ2) is 11.9. The number of nitrogens with zero attached hydrogens (tertiary/aromatic N) is 1. The lowest BCUT2D eigenvalue weighted by molar-refractivity contribution is 0.0729. The number of carbonyl (C=O) groups excluding carboxylic acids is 2. The Balaban J connectivity index is 1.35. The minimum atomic E-state index is -0.563. The number of ether oxygens (including phenoxy) is 3. The lowest BCUT2D eigenvalue weighted by Crippen LogP contribution is -2.19. The van der Waals surface area contributed by atoms with Crippen molar-refractivity contribution in [1.29, 1.82) is 0 Å². The van der Waals surface area contributed by atoms with Crippen LogP contribution in [-0.4, -0.2) is 37.3 Å². The van der Waals surface area contributed by atoms with Gasteiger partial charge in [-0.2, -0.15) is 5.10 Å². The molecule has 4 aromatic carbocycles. The molecule has 0 bridgehead atoms. The normalized spacial score (nSPS) is 11.0. The maximum Gasteiger partial charge on any atom is 0.343 e. The van der Waals surface area contributed by atoms with E-state index in [0.717, 1.165) is 0 Å². The molecule has 0 saturated heterocycles. The first-order chi connectivity index (χ1) is 19.9. The van der Waals surface area contributed by atoms with Crippen molar-refractivity contribution in [2.45, 2.75) is 0 Å². The van der Waals surface area contributed by atoms with Crippen LogP contribution in [0.4, 0.5) is 4.39 Å². The number of aromatic nitrogens is 1. The molecule has 5 rings (SSSR count). The van der Waals surface area contributed by atoms with E-state index in [1.807, 2.05) is 0 Å². The quantitative estimate of drug-likeness (QED) is 0.0942. The highest BCUT2D eigenvalue weighted by atomic mass is 35.5. The van der Waals surface area contributed by atoms with Gasteiger partial charge in [0.25, 0.3) is 5.91 Å². The van der Waals surface area contributed by atoms with Gasteiger partial charge < -0.3 is 19.2 Å². The highest BCUT2D eigenvalue weighted by Gasteiger charge is 2.21. The van der Waals surface area contributed by atoms with Crippen molar-refractivity contribution in [2.24, 2.45) is 5.10 Å². The molecule has 0 aliphatic carbocycles. The van der Waals surface area contributed by atoms with E-state index in [4.69, 9.17) is 25.8 Å². The van der Waals surface area contributed by atoms with Gasteiger partial charge in [-0.3, -0.25) is 4.79 Å². The first-order valence-electron chi connectivity index (χ1n) is 12.3. The second-order valence-corrected chi connectivity index (χ2v) is 9.18. The molecule has 5 aromatic rings. The summed E-state index contributed by atoms with van der Waals surface area (Å²) in [5.74, 6) is -0.433. The van der Waals surface area contributed by atoms with E-state index in [9.17, 15) is 14.0 Å². The second-order valence-electron chi connectivity index (χ2n) is 8.77. The number of hydrazone groups is 1. The first-order valence-corrected chi connectivity index (χ1v) is 12.7. The summed E-state index contributed by atoms with van der Waals surface area (Å²) in [4.78, 5) is 28.8. The average Bonchev–Trinajstić information content (AvgIpc) is 3.36. The number of fused-ring (bicyclic) bond motifs is 1. The number of benzene rings is 4. The Morgan fingerprint density at radius 1 is 0.927 bits per heavy atom. The number of rotatable bonds is 8. The zero-order valence-electron chi connectivity index (χ0n) is 21.9. The number of carbonyl (C=O) groups is 2. The van der Waals surface area contributed by atoms with Gasteiger partial charge in [-0.25, -0.2) is 14.6 Å². The van der Waals surface area contributed by atoms with Crippen LogP contribution in [0.25, 0.3) is 22.0 Å². The Morgan fingerprint density at radius 2 is 1.71 bits per heavy atom. The number of hydrogen-bond acceptors (Lipinski definition) is 6. The SMILES string of the molecule is COc1ccc(C(=O)Oc2ccc(C=NNC(=O)c3[nH]c4ccc(F)cc4c3-c3ccccc3Cl)cc2OC)cc1. The Labute approximate surface area is 239 Å². The molecule has 1 amide bonds. The van der Waals surface area contributed by atoms with Crippen molar-refractivity contribution >= 4 is 40.6 Å². The van der Waals surface area contributed by atoms with Crippen LogP contribution in [0.2, 0.25) is 5.02 Å². The third kappa shape index (κ3) is 5.90. The molecule has 0 unspecified atom stereocenters. The molecule has 10 heteroatoms. The van der Waals surface area contributed by atoms with Crippen LogP contribution >= 0.6 is 11.6 Å². The van der Waals surface area contributed by atoms with Gasteiger partial charge in [0.1, 0.15) is 17.3 Å². The molecular weight excluding hydrogens is 549 g/mol. The van der Waals surface area contributed by atoms with Crippen molar-refractivity contribution < 1.29 is 28.2 Å². The Morgan fingerprint density at radius 3 is 2.44 bits per heavy atom. The molecule has 206 valence electrons. The monoisotopic (exact) mass is 571 g/mol. The standard InChI is InChI=1S/C31H23ClFN3O5/c1-39-21-11-8-19(9-12-21)31(38)41-26-14-7-18(15-27(26)40-2)17-34-36-30(37)29-28(22-5-3-4-6-24(22)32)23-16-20(33)10-13-25(23)35-29/h3-17,35H,1-2H3,(H,36,37). The average molecular weight is 572 g/mol. The summed E-state index contributed by atoms with van der Waals surface area (Å²) in [5.41, 5.74) is 5.18. The van der Waals surface area contributed by atoms with E-state index in [-0.39, 0.29) is 11.4 Å². The van der Waals surface area contributed by atoms with Crippen LogP contribution < -0.4 is 19.6 Å². The van der Waals surface area contributed by atoms with Crippen LogP contribution in [0.3, 0.4) is 0 Å². The maximum atomic E-state index is 14.1. The molecule has 0 radical (unpaired) electrons. The predicted octanol–water partition coefficient (Wildman–Crippen LogP) is 6.63. The fourth-order valence-corrected chi connectivity index (χ4v) is 4.46. The Hall–Kier alpha value is -5.15. The van der Waals surface area contributed by atoms with Gasteiger partial charge >= 0.3 is 5.97 Å². The number of amides is 1. The fourth-order valence-electron chi connectivity index (χ4n) is 4.23. The van der Waals surface area contributed by atoms with Crippen LogP contribution in [0.15, 0.2) is 90.0 Å². The number of hydrogen-bond donors (Lipinski definition) is 2. The topological polar surface area (TPSA) is 102 Å². The molecule has 0 saturated carbocycles. The summed E-state index contributed by atoms with van der Waals surface area (Å²) in [6, 6.07) is 22.5. The molecule has 0 atom stereocenters. The van der Waals surface area contributed by atoms with Crippen LogP contribution in [0.5, 0.6) is 17.2 Å². The van der Waals surface area contributed by atoms with Gasteiger partial charge in [0.05, 0.1) is 26.0 Å². The zero-order chi connectivity index (χ0) is 28.9. The van der Waals surface area contributed by atoms with Crippen LogP contribution in [-0.2, 0) is 0 Å². The lowest BCUT2D eigenvalue weighted by atomic mass is 10.0. The maximum absolute atomic E-state index is 14.1. The molecule has 0 spiro atoms. The van der Waals surface area contributed by atoms with E-state index in [1.54, 1.807) is 72.8 Å². The molecular formula is C31H23ClFN3O5. The number of methoxy groups -OCH3 is 2. The van der Waals surface area contributed by atoms with Gasteiger partial charge in [-0.1, -0.05) is 29.8 Å². The van der Waals surface area contributed by atoms with E-state index in [1.165, 1.54) is 32.6 Å². The molecule has 0 aliphatic heterocycles. The molecule has 1 aromatic heterocycles. The third-order valence-corrected chi connectivity index (χ3v) is 6.56. The minimum absolute atomic E-state index is 0.175. The van der Waals surface area contributed by atoms with Crippen LogP contribution in [0, 0.1) is 5.82 Å². The zero-order valence-corrected chi connectivity index (χ0v) is 22.7. The van der Waals surface area contributed by atoms with Gasteiger partial charge in [-0.15, -0.1) is 0 Å². The highest BCUT2D eigenvalue weighted by molar-refractivity contribution is 6.34. The third-order valence-electron chi connectivity index (χ3n) is 6.23. The molecule has 0 fully saturated rings. The van der Waals surface area contributed by atoms with Gasteiger partial charge in [0, 0.05) is 27.1 Å². The van der Waals surface area contributed by atoms with Crippen LogP contribution in [0.1, 0.15) is 26.4 Å². The van der Waals surface area contributed by atoms with Gasteiger partial charge in [-0.05, 0) is 72.3 Å². The smallest absolute Gasteiger partial charge is 0.343 e. The van der Waals surface area contributed by atoms with Crippen molar-refractivity contribution in [3.8, 4) is 28.4 Å². The van der Waals surface area contributed by atoms with E-state index in [2.05, 4.69) is 15.5 Å². The number of halogens is 2. The molecule has 41 heavy (non-hydrogen) atoms. The fraction of sp³-hybridized carbons (Fsp3) is 0.0645. The molecule has 2 N–H and O–H groups in total. The van der Waals surface area contributed by atoms with Crippen molar-refractivity contribution in [2.75, 3.05) is 14.2 Å². The minimum Gasteiger partial charge on any atom is -0.497 e. The summed E-state index contributed by atoms with van der Waals surface area (Å²) in [5, 5.41) is 4.99. The number of H-pyrrole nitrogens is 1. The predicted molar refractivity (Wildman–Crippen MR) is 155 cm³/mol. The Kier molecular flexibility index (Phi) is 7.98. The molecule has 0 aliphatic rings. The van der Waals surface area contributed by atoms with Crippen molar-refractivity contribution in [3.05, 3.63) is 113 Å². The highest BCUT2D eigenvalue weighted by Crippen LogP contribution is 2.37.